The van der Waals surface area contributed by atoms with Crippen molar-refractivity contribution < 1.29 is 16.8 Å². The first-order valence-electron chi connectivity index (χ1n) is 10.4. The van der Waals surface area contributed by atoms with E-state index in [9.17, 15) is 16.8 Å². The van der Waals surface area contributed by atoms with E-state index in [1.54, 1.807) is 60.0 Å². The number of nitrogens with zero attached hydrogens (tertiary/aromatic N) is 3. The zero-order valence-electron chi connectivity index (χ0n) is 18.4. The average Bonchev–Trinajstić information content (AvgIpc) is 3.37. The van der Waals surface area contributed by atoms with E-state index in [0.29, 0.717) is 16.7 Å². The molecule has 0 radical (unpaired) electrons. The van der Waals surface area contributed by atoms with Crippen molar-refractivity contribution in [1.82, 2.24) is 15.0 Å². The Morgan fingerprint density at radius 2 is 1.22 bits per heavy atom. The van der Waals surface area contributed by atoms with Crippen LogP contribution >= 0.6 is 11.3 Å². The molecule has 5 aromatic rings. The molecule has 0 saturated heterocycles. The average molecular weight is 539 g/mol. The van der Waals surface area contributed by atoms with Gasteiger partial charge in [-0.05, 0) is 48.5 Å². The zero-order chi connectivity index (χ0) is 25.2. The van der Waals surface area contributed by atoms with Crippen LogP contribution in [0.25, 0.3) is 11.0 Å². The lowest BCUT2D eigenvalue weighted by Crippen LogP contribution is -2.16. The summed E-state index contributed by atoms with van der Waals surface area (Å²) in [6.07, 6.45) is 1.50. The van der Waals surface area contributed by atoms with E-state index in [0.717, 1.165) is 0 Å². The second-order valence-corrected chi connectivity index (χ2v) is 11.7. The summed E-state index contributed by atoms with van der Waals surface area (Å²) in [4.78, 5) is 13.0. The third kappa shape index (κ3) is 5.12. The van der Waals surface area contributed by atoms with E-state index in [1.165, 1.54) is 41.8 Å². The molecule has 0 amide bonds. The number of rotatable bonds is 8. The van der Waals surface area contributed by atoms with Crippen molar-refractivity contribution in [3.05, 3.63) is 90.4 Å². The molecule has 13 heteroatoms. The van der Waals surface area contributed by atoms with Crippen LogP contribution in [0.4, 0.5) is 22.5 Å². The highest BCUT2D eigenvalue weighted by atomic mass is 32.2. The molecule has 0 fully saturated rings. The lowest BCUT2D eigenvalue weighted by Gasteiger charge is -2.14. The molecule has 0 bridgehead atoms. The second kappa shape index (κ2) is 9.53. The summed E-state index contributed by atoms with van der Waals surface area (Å²) in [6, 6.07) is 20.9. The first kappa shape index (κ1) is 23.7. The Hall–Kier alpha value is -4.07. The molecule has 0 atom stereocenters. The predicted octanol–water partition coefficient (Wildman–Crippen LogP) is 4.43. The summed E-state index contributed by atoms with van der Waals surface area (Å²) in [5.74, 6) is 0.157. The fraction of sp³-hybridized carbons (Fsp3) is 0. The molecule has 0 aliphatic heterocycles. The van der Waals surface area contributed by atoms with Crippen molar-refractivity contribution in [3.63, 3.8) is 0 Å². The van der Waals surface area contributed by atoms with Gasteiger partial charge in [0.1, 0.15) is 0 Å². The molecule has 2 aromatic heterocycles. The van der Waals surface area contributed by atoms with Crippen LogP contribution in [-0.2, 0) is 20.0 Å². The molecular formula is C23H18N6O4S3. The predicted molar refractivity (Wildman–Crippen MR) is 139 cm³/mol. The fourth-order valence-corrected chi connectivity index (χ4v) is 6.06. The number of benzene rings is 3. The van der Waals surface area contributed by atoms with Crippen molar-refractivity contribution in [2.24, 2.45) is 0 Å². The number of hydrogen-bond acceptors (Lipinski definition) is 9. The maximum Gasteiger partial charge on any atom is 0.263 e. The minimum Gasteiger partial charge on any atom is -0.337 e. The third-order valence-corrected chi connectivity index (χ3v) is 8.46. The van der Waals surface area contributed by atoms with Gasteiger partial charge in [-0.1, -0.05) is 30.3 Å². The lowest BCUT2D eigenvalue weighted by molar-refractivity contribution is 0.599. The van der Waals surface area contributed by atoms with Crippen LogP contribution in [0.1, 0.15) is 0 Å². The summed E-state index contributed by atoms with van der Waals surface area (Å²) in [5.41, 5.74) is 1.53. The quantitative estimate of drug-likeness (QED) is 0.263. The van der Waals surface area contributed by atoms with Crippen LogP contribution in [0.15, 0.2) is 100 Å². The SMILES string of the molecule is O=S(=O)(Nc1nccs1)c1ccc(Nc2nc3ccccc3nc2NS(=O)(=O)c2ccccc2)cc1. The Labute approximate surface area is 211 Å². The molecule has 0 saturated carbocycles. The molecular weight excluding hydrogens is 520 g/mol. The smallest absolute Gasteiger partial charge is 0.263 e. The van der Waals surface area contributed by atoms with Gasteiger partial charge in [-0.25, -0.2) is 31.8 Å². The minimum absolute atomic E-state index is 0.000289. The molecule has 0 aliphatic carbocycles. The highest BCUT2D eigenvalue weighted by Gasteiger charge is 2.19. The summed E-state index contributed by atoms with van der Waals surface area (Å²) in [5, 5.41) is 4.97. The Balaban J connectivity index is 1.46. The summed E-state index contributed by atoms with van der Waals surface area (Å²) in [6.45, 7) is 0. The van der Waals surface area contributed by atoms with Crippen molar-refractivity contribution in [2.75, 3.05) is 14.8 Å². The third-order valence-electron chi connectivity index (χ3n) is 4.94. The van der Waals surface area contributed by atoms with E-state index in [-0.39, 0.29) is 26.6 Å². The van der Waals surface area contributed by atoms with Crippen LogP contribution < -0.4 is 14.8 Å². The first-order chi connectivity index (χ1) is 17.3. The number of fused-ring (bicyclic) bond motifs is 1. The van der Waals surface area contributed by atoms with E-state index in [4.69, 9.17) is 0 Å². The maximum absolute atomic E-state index is 12.9. The molecule has 5 rings (SSSR count). The van der Waals surface area contributed by atoms with Gasteiger partial charge >= 0.3 is 0 Å². The van der Waals surface area contributed by atoms with Crippen LogP contribution in [0.3, 0.4) is 0 Å². The molecule has 3 N–H and O–H groups in total. The molecule has 182 valence electrons. The summed E-state index contributed by atoms with van der Waals surface area (Å²) in [7, 11) is -7.75. The van der Waals surface area contributed by atoms with Gasteiger partial charge in [-0.15, -0.1) is 11.3 Å². The Bertz CT molecular complexity index is 1730. The monoisotopic (exact) mass is 538 g/mol. The standard InChI is InChI=1S/C23H18N6O4S3/c30-35(31,17-6-2-1-3-7-17)28-22-21(26-19-8-4-5-9-20(19)27-22)25-16-10-12-18(13-11-16)36(32,33)29-23-24-14-15-34-23/h1-15H,(H,24,29)(H,25,26)(H,27,28). The van der Waals surface area contributed by atoms with Gasteiger partial charge in [0, 0.05) is 17.3 Å². The Kier molecular flexibility index (Phi) is 6.26. The molecule has 3 aromatic carbocycles. The van der Waals surface area contributed by atoms with Crippen molar-refractivity contribution in [2.45, 2.75) is 9.79 Å². The van der Waals surface area contributed by atoms with E-state index in [1.807, 2.05) is 0 Å². The number of sulfonamides is 2. The van der Waals surface area contributed by atoms with Crippen molar-refractivity contribution >= 4 is 64.9 Å². The molecule has 2 heterocycles. The molecule has 10 nitrogen and oxygen atoms in total. The highest BCUT2D eigenvalue weighted by molar-refractivity contribution is 7.93. The molecule has 0 aliphatic rings. The van der Waals surface area contributed by atoms with Gasteiger partial charge in [0.05, 0.1) is 20.8 Å². The number of anilines is 4. The largest absolute Gasteiger partial charge is 0.337 e. The number of para-hydroxylation sites is 2. The molecule has 36 heavy (non-hydrogen) atoms. The molecule has 0 unspecified atom stereocenters. The van der Waals surface area contributed by atoms with Crippen LogP contribution in [0.5, 0.6) is 0 Å². The van der Waals surface area contributed by atoms with Gasteiger partial charge in [-0.3, -0.25) is 9.44 Å². The lowest BCUT2D eigenvalue weighted by atomic mass is 10.3. The summed E-state index contributed by atoms with van der Waals surface area (Å²) < 4.78 is 56.0. The van der Waals surface area contributed by atoms with E-state index >= 15 is 0 Å². The normalized spacial score (nSPS) is 11.8. The van der Waals surface area contributed by atoms with Crippen LogP contribution in [0, 0.1) is 0 Å². The zero-order valence-corrected chi connectivity index (χ0v) is 20.8. The first-order valence-corrected chi connectivity index (χ1v) is 14.3. The van der Waals surface area contributed by atoms with Gasteiger partial charge in [0.2, 0.25) is 0 Å². The van der Waals surface area contributed by atoms with E-state index < -0.39 is 20.0 Å². The van der Waals surface area contributed by atoms with Crippen LogP contribution in [-0.4, -0.2) is 31.8 Å². The number of nitrogens with one attached hydrogen (secondary N) is 3. The number of thiazole rings is 1. The number of hydrogen-bond donors (Lipinski definition) is 3. The highest BCUT2D eigenvalue weighted by Crippen LogP contribution is 2.28. The maximum atomic E-state index is 12.9. The Morgan fingerprint density at radius 1 is 0.639 bits per heavy atom. The second-order valence-electron chi connectivity index (χ2n) is 7.42. The van der Waals surface area contributed by atoms with Gasteiger partial charge < -0.3 is 5.32 Å². The Morgan fingerprint density at radius 3 is 1.86 bits per heavy atom. The van der Waals surface area contributed by atoms with Crippen molar-refractivity contribution in [3.8, 4) is 0 Å². The van der Waals surface area contributed by atoms with Crippen LogP contribution in [0.2, 0.25) is 0 Å². The fourth-order valence-electron chi connectivity index (χ4n) is 3.25. The number of aromatic nitrogens is 3. The topological polar surface area (TPSA) is 143 Å². The van der Waals surface area contributed by atoms with E-state index in [2.05, 4.69) is 29.7 Å². The van der Waals surface area contributed by atoms with Gasteiger partial charge in [0.25, 0.3) is 20.0 Å². The minimum atomic E-state index is -3.93. The summed E-state index contributed by atoms with van der Waals surface area (Å²) >= 11 is 1.17. The van der Waals surface area contributed by atoms with Gasteiger partial charge in [-0.2, -0.15) is 0 Å². The van der Waals surface area contributed by atoms with Gasteiger partial charge in [0.15, 0.2) is 16.8 Å². The molecule has 0 spiro atoms. The van der Waals surface area contributed by atoms with Crippen molar-refractivity contribution in [1.29, 1.82) is 0 Å².